The number of carbonyl (C=O) groups is 2. The summed E-state index contributed by atoms with van der Waals surface area (Å²) in [4.78, 5) is 26.5. The minimum atomic E-state index is -0.389. The van der Waals surface area contributed by atoms with E-state index in [1.54, 1.807) is 10.4 Å². The average Bonchev–Trinajstić information content (AvgIpc) is 3.24. The number of hydrogen-bond acceptors (Lipinski definition) is 5. The molecule has 2 amide bonds. The fourth-order valence-corrected chi connectivity index (χ4v) is 3.44. The number of anilines is 2. The summed E-state index contributed by atoms with van der Waals surface area (Å²) in [6.45, 7) is 0.372. The number of amides is 2. The number of nitrogens with zero attached hydrogens (tertiary/aromatic N) is 3. The molecule has 0 saturated carbocycles. The first kappa shape index (κ1) is 14.8. The average molecular weight is 338 g/mol. The molecule has 0 unspecified atom stereocenters. The van der Waals surface area contributed by atoms with Gasteiger partial charge in [0.1, 0.15) is 5.51 Å². The first-order chi connectivity index (χ1) is 11.7. The molecule has 2 heterocycles. The zero-order valence-electron chi connectivity index (χ0n) is 12.7. The molecule has 24 heavy (non-hydrogen) atoms. The zero-order chi connectivity index (χ0) is 16.5. The van der Waals surface area contributed by atoms with E-state index < -0.39 is 0 Å². The second kappa shape index (κ2) is 6.01. The van der Waals surface area contributed by atoms with Crippen molar-refractivity contribution in [2.45, 2.75) is 6.42 Å². The van der Waals surface area contributed by atoms with Crippen LogP contribution in [-0.4, -0.2) is 28.6 Å². The largest absolute Gasteiger partial charge is 0.311 e. The number of fused-ring (bicyclic) bond motifs is 1. The zero-order valence-corrected chi connectivity index (χ0v) is 13.5. The van der Waals surface area contributed by atoms with Crippen molar-refractivity contribution in [3.63, 3.8) is 0 Å². The van der Waals surface area contributed by atoms with E-state index >= 15 is 0 Å². The maximum absolute atomic E-state index is 12.5. The molecule has 120 valence electrons. The first-order valence-corrected chi connectivity index (χ1v) is 8.45. The molecule has 0 aliphatic carbocycles. The Bertz CT molecular complexity index is 905. The molecule has 1 fully saturated rings. The lowest BCUT2D eigenvalue weighted by Crippen LogP contribution is -2.28. The number of aromatic nitrogens is 2. The van der Waals surface area contributed by atoms with Crippen LogP contribution in [0.1, 0.15) is 6.42 Å². The predicted octanol–water partition coefficient (Wildman–Crippen LogP) is 2.68. The maximum Gasteiger partial charge on any atom is 0.231 e. The molecule has 0 bridgehead atoms. The second-order valence-corrected chi connectivity index (χ2v) is 6.47. The van der Waals surface area contributed by atoms with Gasteiger partial charge in [0.2, 0.25) is 16.9 Å². The van der Waals surface area contributed by atoms with Crippen LogP contribution in [0.4, 0.5) is 10.8 Å². The van der Waals surface area contributed by atoms with E-state index in [9.17, 15) is 9.59 Å². The fourth-order valence-electron chi connectivity index (χ4n) is 2.99. The van der Waals surface area contributed by atoms with E-state index in [1.165, 1.54) is 11.3 Å². The molecule has 1 aliphatic rings. The van der Waals surface area contributed by atoms with Crippen molar-refractivity contribution in [2.75, 3.05) is 16.8 Å². The van der Waals surface area contributed by atoms with Crippen LogP contribution in [0, 0.1) is 5.92 Å². The van der Waals surface area contributed by atoms with Gasteiger partial charge in [0.25, 0.3) is 0 Å². The molecular formula is C17H14N4O2S. The number of nitrogens with one attached hydrogen (secondary N) is 1. The third-order valence-electron chi connectivity index (χ3n) is 4.14. The summed E-state index contributed by atoms with van der Waals surface area (Å²) in [6, 6.07) is 13.8. The van der Waals surface area contributed by atoms with Gasteiger partial charge in [-0.25, -0.2) is 0 Å². The SMILES string of the molecule is O=C(Nc1nncs1)[C@H]1CC(=O)N(c2cccc3ccccc23)C1. The molecule has 1 saturated heterocycles. The van der Waals surface area contributed by atoms with Crippen LogP contribution in [0.3, 0.4) is 0 Å². The Morgan fingerprint density at radius 1 is 1.21 bits per heavy atom. The summed E-state index contributed by atoms with van der Waals surface area (Å²) < 4.78 is 0. The molecule has 3 aromatic rings. The number of hydrogen-bond donors (Lipinski definition) is 1. The van der Waals surface area contributed by atoms with Crippen molar-refractivity contribution >= 4 is 44.7 Å². The van der Waals surface area contributed by atoms with Crippen molar-refractivity contribution in [3.8, 4) is 0 Å². The molecule has 4 rings (SSSR count). The molecule has 0 spiro atoms. The number of rotatable bonds is 3. The summed E-state index contributed by atoms with van der Waals surface area (Å²) in [5.41, 5.74) is 2.40. The van der Waals surface area contributed by atoms with Crippen molar-refractivity contribution in [1.82, 2.24) is 10.2 Å². The maximum atomic E-state index is 12.5. The van der Waals surface area contributed by atoms with Gasteiger partial charge in [-0.2, -0.15) is 0 Å². The Morgan fingerprint density at radius 2 is 2.04 bits per heavy atom. The van der Waals surface area contributed by atoms with Gasteiger partial charge in [0, 0.05) is 18.4 Å². The van der Waals surface area contributed by atoms with Crippen LogP contribution in [-0.2, 0) is 9.59 Å². The van der Waals surface area contributed by atoms with Crippen LogP contribution in [0.15, 0.2) is 48.0 Å². The topological polar surface area (TPSA) is 75.2 Å². The highest BCUT2D eigenvalue weighted by Crippen LogP contribution is 2.32. The normalized spacial score (nSPS) is 17.4. The summed E-state index contributed by atoms with van der Waals surface area (Å²) >= 11 is 1.26. The molecule has 1 aliphatic heterocycles. The Hall–Kier alpha value is -2.80. The lowest BCUT2D eigenvalue weighted by Gasteiger charge is -2.18. The summed E-state index contributed by atoms with van der Waals surface area (Å²) in [6.07, 6.45) is 0.202. The first-order valence-electron chi connectivity index (χ1n) is 7.57. The van der Waals surface area contributed by atoms with E-state index in [0.29, 0.717) is 11.7 Å². The highest BCUT2D eigenvalue weighted by molar-refractivity contribution is 7.13. The van der Waals surface area contributed by atoms with Gasteiger partial charge in [0.05, 0.1) is 11.6 Å². The van der Waals surface area contributed by atoms with Crippen molar-refractivity contribution in [1.29, 1.82) is 0 Å². The van der Waals surface area contributed by atoms with Crippen LogP contribution in [0.25, 0.3) is 10.8 Å². The van der Waals surface area contributed by atoms with E-state index in [1.807, 2.05) is 42.5 Å². The minimum Gasteiger partial charge on any atom is -0.311 e. The Balaban J connectivity index is 1.58. The van der Waals surface area contributed by atoms with Crippen LogP contribution >= 0.6 is 11.3 Å². The molecular weight excluding hydrogens is 324 g/mol. The predicted molar refractivity (Wildman–Crippen MR) is 92.9 cm³/mol. The monoisotopic (exact) mass is 338 g/mol. The van der Waals surface area contributed by atoms with Gasteiger partial charge in [-0.3, -0.25) is 9.59 Å². The second-order valence-electron chi connectivity index (χ2n) is 5.64. The third kappa shape index (κ3) is 2.63. The smallest absolute Gasteiger partial charge is 0.231 e. The standard InChI is InChI=1S/C17H14N4O2S/c22-15-8-12(16(23)19-17-20-18-10-24-17)9-21(15)14-7-3-5-11-4-1-2-6-13(11)14/h1-7,10,12H,8-9H2,(H,19,20,23)/t12-/m0/s1. The molecule has 2 aromatic carbocycles. The van der Waals surface area contributed by atoms with Gasteiger partial charge < -0.3 is 10.2 Å². The highest BCUT2D eigenvalue weighted by atomic mass is 32.1. The molecule has 6 nitrogen and oxygen atoms in total. The van der Waals surface area contributed by atoms with Gasteiger partial charge in [-0.15, -0.1) is 10.2 Å². The van der Waals surface area contributed by atoms with Crippen LogP contribution < -0.4 is 10.2 Å². The number of carbonyl (C=O) groups excluding carboxylic acids is 2. The van der Waals surface area contributed by atoms with Crippen molar-refractivity contribution in [3.05, 3.63) is 48.0 Å². The van der Waals surface area contributed by atoms with E-state index in [2.05, 4.69) is 15.5 Å². The van der Waals surface area contributed by atoms with E-state index in [0.717, 1.165) is 16.5 Å². The highest BCUT2D eigenvalue weighted by Gasteiger charge is 2.35. The van der Waals surface area contributed by atoms with Crippen LogP contribution in [0.2, 0.25) is 0 Å². The lowest BCUT2D eigenvalue weighted by molar-refractivity contribution is -0.122. The van der Waals surface area contributed by atoms with Crippen molar-refractivity contribution in [2.24, 2.45) is 5.92 Å². The van der Waals surface area contributed by atoms with Gasteiger partial charge in [-0.05, 0) is 11.5 Å². The fraction of sp³-hybridized carbons (Fsp3) is 0.176. The van der Waals surface area contributed by atoms with Gasteiger partial charge >= 0.3 is 0 Å². The Kier molecular flexibility index (Phi) is 3.70. The molecule has 1 N–H and O–H groups in total. The quantitative estimate of drug-likeness (QED) is 0.797. The summed E-state index contributed by atoms with van der Waals surface area (Å²) in [5, 5.41) is 12.8. The Labute approximate surface area is 142 Å². The minimum absolute atomic E-state index is 0.0382. The summed E-state index contributed by atoms with van der Waals surface area (Å²) in [5.74, 6) is -0.619. The van der Waals surface area contributed by atoms with E-state index in [-0.39, 0.29) is 24.2 Å². The Morgan fingerprint density at radius 3 is 2.88 bits per heavy atom. The molecule has 1 aromatic heterocycles. The van der Waals surface area contributed by atoms with Crippen molar-refractivity contribution < 1.29 is 9.59 Å². The van der Waals surface area contributed by atoms with E-state index in [4.69, 9.17) is 0 Å². The summed E-state index contributed by atoms with van der Waals surface area (Å²) in [7, 11) is 0. The molecule has 1 atom stereocenters. The third-order valence-corrected chi connectivity index (χ3v) is 4.75. The lowest BCUT2D eigenvalue weighted by atomic mass is 10.1. The molecule has 7 heteroatoms. The molecule has 0 radical (unpaired) electrons. The van der Waals surface area contributed by atoms with Gasteiger partial charge in [-0.1, -0.05) is 47.7 Å². The van der Waals surface area contributed by atoms with Gasteiger partial charge in [0.15, 0.2) is 0 Å². The van der Waals surface area contributed by atoms with Crippen LogP contribution in [0.5, 0.6) is 0 Å². The number of benzene rings is 2.